The topological polar surface area (TPSA) is 52.6 Å². The van der Waals surface area contributed by atoms with Gasteiger partial charge in [-0.05, 0) is 76.4 Å². The van der Waals surface area contributed by atoms with E-state index < -0.39 is 5.41 Å². The third-order valence-electron chi connectivity index (χ3n) is 6.70. The van der Waals surface area contributed by atoms with Crippen molar-refractivity contribution < 1.29 is 19.1 Å². The Labute approximate surface area is 251 Å². The Morgan fingerprint density at radius 3 is 1.65 bits per heavy atom. The van der Waals surface area contributed by atoms with Crippen LogP contribution < -0.4 is 0 Å². The highest BCUT2D eigenvalue weighted by Crippen LogP contribution is 2.31. The summed E-state index contributed by atoms with van der Waals surface area (Å²) in [6.45, 7) is 14.2. The minimum Gasteiger partial charge on any atom is -0.469 e. The molecule has 0 spiro atoms. The molecule has 0 N–H and O–H groups in total. The predicted octanol–water partition coefficient (Wildman–Crippen LogP) is 10.1. The number of hydrogen-bond donors (Lipinski definition) is 0. The minimum absolute atomic E-state index is 0.118. The number of rotatable bonds is 18. The second-order valence-electron chi connectivity index (χ2n) is 10.5. The number of hydrogen-bond acceptors (Lipinski definition) is 5. The van der Waals surface area contributed by atoms with Crippen molar-refractivity contribution >= 4 is 23.7 Å². The van der Waals surface area contributed by atoms with Gasteiger partial charge in [0.05, 0.1) is 25.0 Å². The molecular formula is C35H60O4S. The molecule has 1 aromatic carbocycles. The molecule has 4 nitrogen and oxygen atoms in total. The van der Waals surface area contributed by atoms with Gasteiger partial charge in [0.2, 0.25) is 0 Å². The van der Waals surface area contributed by atoms with Crippen molar-refractivity contribution in [2.45, 2.75) is 118 Å². The van der Waals surface area contributed by atoms with Gasteiger partial charge in [0.15, 0.2) is 0 Å². The lowest BCUT2D eigenvalue weighted by atomic mass is 9.78. The third kappa shape index (κ3) is 18.4. The lowest BCUT2D eigenvalue weighted by Gasteiger charge is -2.27. The van der Waals surface area contributed by atoms with Crippen LogP contribution >= 0.6 is 11.8 Å². The van der Waals surface area contributed by atoms with E-state index >= 15 is 0 Å². The molecule has 1 aromatic rings. The average Bonchev–Trinajstić information content (AvgIpc) is 2.98. The Hall–Kier alpha value is -2.01. The van der Waals surface area contributed by atoms with Crippen LogP contribution in [-0.2, 0) is 24.5 Å². The van der Waals surface area contributed by atoms with Gasteiger partial charge < -0.3 is 9.47 Å². The molecule has 0 amide bonds. The SMILES string of the molecule is CC.CC/C=C\C=C/CC.COC(=O)C(C)(C)CCCCCSCCCCCC(C)(C(=O)OC)c1ccccc1. The summed E-state index contributed by atoms with van der Waals surface area (Å²) >= 11 is 2.00. The van der Waals surface area contributed by atoms with Crippen molar-refractivity contribution in [2.75, 3.05) is 25.7 Å². The van der Waals surface area contributed by atoms with Crippen LogP contribution in [0.1, 0.15) is 118 Å². The van der Waals surface area contributed by atoms with Crippen molar-refractivity contribution in [2.24, 2.45) is 5.41 Å². The van der Waals surface area contributed by atoms with Gasteiger partial charge in [0, 0.05) is 0 Å². The van der Waals surface area contributed by atoms with E-state index in [4.69, 9.17) is 9.47 Å². The summed E-state index contributed by atoms with van der Waals surface area (Å²) in [5.41, 5.74) is 0.0863. The number of unbranched alkanes of at least 4 members (excludes halogenated alkanes) is 4. The van der Waals surface area contributed by atoms with Gasteiger partial charge in [-0.15, -0.1) is 0 Å². The smallest absolute Gasteiger partial charge is 0.315 e. The van der Waals surface area contributed by atoms with Crippen LogP contribution in [-0.4, -0.2) is 37.7 Å². The highest BCUT2D eigenvalue weighted by Gasteiger charge is 2.35. The number of allylic oxidation sites excluding steroid dienone is 4. The lowest BCUT2D eigenvalue weighted by Crippen LogP contribution is -2.33. The molecule has 40 heavy (non-hydrogen) atoms. The Bertz CT molecular complexity index is 789. The second kappa shape index (κ2) is 25.9. The number of methoxy groups -OCH3 is 2. The zero-order chi connectivity index (χ0) is 30.7. The van der Waals surface area contributed by atoms with Crippen LogP contribution in [0.2, 0.25) is 0 Å². The zero-order valence-electron chi connectivity index (χ0n) is 27.2. The molecule has 0 aliphatic heterocycles. The summed E-state index contributed by atoms with van der Waals surface area (Å²) in [7, 11) is 2.93. The molecule has 0 fully saturated rings. The monoisotopic (exact) mass is 576 g/mol. The first-order valence-electron chi connectivity index (χ1n) is 15.3. The fourth-order valence-corrected chi connectivity index (χ4v) is 5.13. The third-order valence-corrected chi connectivity index (χ3v) is 7.85. The van der Waals surface area contributed by atoms with E-state index in [1.165, 1.54) is 32.8 Å². The van der Waals surface area contributed by atoms with Crippen LogP contribution in [0.4, 0.5) is 0 Å². The minimum atomic E-state index is -0.568. The lowest BCUT2D eigenvalue weighted by molar-refractivity contribution is -0.151. The number of ether oxygens (including phenoxy) is 2. The van der Waals surface area contributed by atoms with Gasteiger partial charge in [0.25, 0.3) is 0 Å². The van der Waals surface area contributed by atoms with E-state index in [1.54, 1.807) is 0 Å². The van der Waals surface area contributed by atoms with E-state index in [0.29, 0.717) is 0 Å². The fraction of sp³-hybridized carbons (Fsp3) is 0.657. The molecule has 0 aliphatic carbocycles. The van der Waals surface area contributed by atoms with Crippen LogP contribution in [0, 0.1) is 5.41 Å². The summed E-state index contributed by atoms with van der Waals surface area (Å²) in [6.07, 6.45) is 19.1. The largest absolute Gasteiger partial charge is 0.469 e. The second-order valence-corrected chi connectivity index (χ2v) is 11.7. The molecule has 0 radical (unpaired) electrons. The van der Waals surface area contributed by atoms with Gasteiger partial charge in [-0.25, -0.2) is 0 Å². The molecule has 1 rings (SSSR count). The van der Waals surface area contributed by atoms with Gasteiger partial charge >= 0.3 is 11.9 Å². The number of benzene rings is 1. The Morgan fingerprint density at radius 2 is 1.20 bits per heavy atom. The van der Waals surface area contributed by atoms with E-state index in [9.17, 15) is 9.59 Å². The van der Waals surface area contributed by atoms with Gasteiger partial charge in [-0.1, -0.05) is 108 Å². The highest BCUT2D eigenvalue weighted by molar-refractivity contribution is 7.99. The summed E-state index contributed by atoms with van der Waals surface area (Å²) in [4.78, 5) is 24.1. The highest BCUT2D eigenvalue weighted by atomic mass is 32.2. The van der Waals surface area contributed by atoms with Crippen molar-refractivity contribution in [1.82, 2.24) is 0 Å². The first-order valence-corrected chi connectivity index (χ1v) is 16.5. The maximum absolute atomic E-state index is 12.4. The molecule has 0 saturated heterocycles. The van der Waals surface area contributed by atoms with E-state index in [1.807, 2.05) is 76.7 Å². The molecular weight excluding hydrogens is 516 g/mol. The predicted molar refractivity (Wildman–Crippen MR) is 176 cm³/mol. The molecule has 0 bridgehead atoms. The molecule has 0 aromatic heterocycles. The summed E-state index contributed by atoms with van der Waals surface area (Å²) in [5.74, 6) is 2.06. The Morgan fingerprint density at radius 1 is 0.725 bits per heavy atom. The van der Waals surface area contributed by atoms with Gasteiger partial charge in [-0.3, -0.25) is 9.59 Å². The van der Waals surface area contributed by atoms with Crippen molar-refractivity contribution in [3.63, 3.8) is 0 Å². The number of carbonyl (C=O) groups is 2. The van der Waals surface area contributed by atoms with Gasteiger partial charge in [-0.2, -0.15) is 11.8 Å². The van der Waals surface area contributed by atoms with Crippen molar-refractivity contribution in [3.05, 3.63) is 60.2 Å². The summed E-state index contributed by atoms with van der Waals surface area (Å²) in [5, 5.41) is 0. The van der Waals surface area contributed by atoms with E-state index in [2.05, 4.69) is 38.2 Å². The molecule has 0 aliphatic rings. The van der Waals surface area contributed by atoms with Crippen LogP contribution in [0.15, 0.2) is 54.6 Å². The molecule has 1 unspecified atom stereocenters. The first-order chi connectivity index (χ1) is 19.2. The average molecular weight is 577 g/mol. The first kappa shape index (κ1) is 40.1. The normalized spacial score (nSPS) is 12.6. The maximum Gasteiger partial charge on any atom is 0.315 e. The Balaban J connectivity index is 0. The zero-order valence-corrected chi connectivity index (χ0v) is 28.0. The number of carbonyl (C=O) groups excluding carboxylic acids is 2. The van der Waals surface area contributed by atoms with Crippen molar-refractivity contribution in [3.8, 4) is 0 Å². The van der Waals surface area contributed by atoms with Crippen LogP contribution in [0.3, 0.4) is 0 Å². The summed E-state index contributed by atoms with van der Waals surface area (Å²) in [6, 6.07) is 9.95. The van der Waals surface area contributed by atoms with Crippen LogP contribution in [0.25, 0.3) is 0 Å². The quantitative estimate of drug-likeness (QED) is 0.0988. The van der Waals surface area contributed by atoms with E-state index in [-0.39, 0.29) is 17.4 Å². The fourth-order valence-electron chi connectivity index (χ4n) is 4.11. The molecule has 1 atom stereocenters. The summed E-state index contributed by atoms with van der Waals surface area (Å²) < 4.78 is 9.94. The van der Waals surface area contributed by atoms with Crippen LogP contribution in [0.5, 0.6) is 0 Å². The van der Waals surface area contributed by atoms with Crippen molar-refractivity contribution in [1.29, 1.82) is 0 Å². The Kier molecular flexibility index (Phi) is 26.0. The standard InChI is InChI=1S/C25H40O4S.C8H14.C2H6/c1-24(2,22(26)28-4)17-11-7-13-19-30-20-14-8-12-18-25(3,23(27)29-5)21-15-9-6-10-16-21;1-3-5-7-8-6-4-2;1-2/h6,9-10,15-16H,7-8,11-14,17-20H2,1-5H3;5-8H,3-4H2,1-2H3;1-2H3/b;7-5-,8-6-;. The molecule has 230 valence electrons. The van der Waals surface area contributed by atoms with E-state index in [0.717, 1.165) is 62.7 Å². The number of thioether (sulfide) groups is 1. The maximum atomic E-state index is 12.4. The van der Waals surface area contributed by atoms with Gasteiger partial charge in [0.1, 0.15) is 0 Å². The molecule has 0 heterocycles. The number of esters is 2. The molecule has 5 heteroatoms. The molecule has 0 saturated carbocycles.